The Morgan fingerprint density at radius 3 is 2.41 bits per heavy atom. The molecule has 1 aliphatic heterocycles. The molecule has 0 saturated carbocycles. The van der Waals surface area contributed by atoms with Crippen molar-refractivity contribution in [2.45, 2.75) is 46.3 Å². The number of carbonyl (C=O) groups excluding carboxylic acids is 1. The van der Waals surface area contributed by atoms with Gasteiger partial charge in [-0.15, -0.1) is 24.0 Å². The summed E-state index contributed by atoms with van der Waals surface area (Å²) in [4.78, 5) is 18.4. The van der Waals surface area contributed by atoms with Crippen LogP contribution in [0, 0.1) is 5.92 Å². The summed E-state index contributed by atoms with van der Waals surface area (Å²) in [6, 6.07) is 7.93. The monoisotopic (exact) mass is 488 g/mol. The standard InChI is InChI=1S/C20H32N4O2.HI/c1-5-26-18-10-12-24(13-11-18)20(21-4)22-14-16-6-8-17(9-7-16)23-19(25)15(2)3;/h6-9,15,18H,5,10-14H2,1-4H3,(H,21,22)(H,23,25);1H. The van der Waals surface area contributed by atoms with E-state index in [4.69, 9.17) is 4.74 Å². The quantitative estimate of drug-likeness (QED) is 0.366. The predicted octanol–water partition coefficient (Wildman–Crippen LogP) is 3.48. The molecule has 152 valence electrons. The summed E-state index contributed by atoms with van der Waals surface area (Å²) in [7, 11) is 1.82. The van der Waals surface area contributed by atoms with Crippen LogP contribution in [0.25, 0.3) is 0 Å². The van der Waals surface area contributed by atoms with E-state index in [0.29, 0.717) is 12.6 Å². The number of nitrogens with zero attached hydrogens (tertiary/aromatic N) is 2. The van der Waals surface area contributed by atoms with Gasteiger partial charge < -0.3 is 20.3 Å². The fourth-order valence-electron chi connectivity index (χ4n) is 2.98. The van der Waals surface area contributed by atoms with Crippen LogP contribution in [-0.2, 0) is 16.1 Å². The summed E-state index contributed by atoms with van der Waals surface area (Å²) < 4.78 is 5.71. The minimum atomic E-state index is -0.0217. The third kappa shape index (κ3) is 7.65. The minimum Gasteiger partial charge on any atom is -0.378 e. The Labute approximate surface area is 180 Å². The van der Waals surface area contributed by atoms with Crippen molar-refractivity contribution in [2.75, 3.05) is 32.1 Å². The maximum Gasteiger partial charge on any atom is 0.226 e. The summed E-state index contributed by atoms with van der Waals surface area (Å²) in [6.07, 6.45) is 2.46. The smallest absolute Gasteiger partial charge is 0.226 e. The summed E-state index contributed by atoms with van der Waals surface area (Å²) in [5.74, 6) is 0.940. The maximum atomic E-state index is 11.7. The molecule has 0 aromatic heterocycles. The van der Waals surface area contributed by atoms with Gasteiger partial charge in [0.25, 0.3) is 0 Å². The van der Waals surface area contributed by atoms with Gasteiger partial charge in [-0.3, -0.25) is 9.79 Å². The van der Waals surface area contributed by atoms with Gasteiger partial charge in [-0.2, -0.15) is 0 Å². The van der Waals surface area contributed by atoms with E-state index in [1.54, 1.807) is 0 Å². The Morgan fingerprint density at radius 2 is 1.89 bits per heavy atom. The SMILES string of the molecule is CCOC1CCN(C(=NC)NCc2ccc(NC(=O)C(C)C)cc2)CC1.I. The molecule has 1 aromatic rings. The Morgan fingerprint density at radius 1 is 1.26 bits per heavy atom. The van der Waals surface area contributed by atoms with Crippen LogP contribution in [0.4, 0.5) is 5.69 Å². The molecule has 1 saturated heterocycles. The van der Waals surface area contributed by atoms with Crippen LogP contribution < -0.4 is 10.6 Å². The molecule has 1 fully saturated rings. The van der Waals surface area contributed by atoms with E-state index in [-0.39, 0.29) is 35.8 Å². The van der Waals surface area contributed by atoms with Crippen LogP contribution >= 0.6 is 24.0 Å². The average molecular weight is 488 g/mol. The first-order valence-corrected chi connectivity index (χ1v) is 9.50. The molecule has 0 aliphatic carbocycles. The topological polar surface area (TPSA) is 66.0 Å². The second-order valence-corrected chi connectivity index (χ2v) is 6.88. The highest BCUT2D eigenvalue weighted by Gasteiger charge is 2.21. The lowest BCUT2D eigenvalue weighted by atomic mass is 10.1. The highest BCUT2D eigenvalue weighted by molar-refractivity contribution is 14.0. The number of benzene rings is 1. The Kier molecular flexibility index (Phi) is 10.7. The first kappa shape index (κ1) is 23.7. The number of aliphatic imine (C=N–C) groups is 1. The molecule has 1 aliphatic rings. The van der Waals surface area contributed by atoms with E-state index >= 15 is 0 Å². The fraction of sp³-hybridized carbons (Fsp3) is 0.600. The van der Waals surface area contributed by atoms with Gasteiger partial charge in [0, 0.05) is 44.9 Å². The maximum absolute atomic E-state index is 11.7. The predicted molar refractivity (Wildman–Crippen MR) is 122 cm³/mol. The summed E-state index contributed by atoms with van der Waals surface area (Å²) in [5, 5.41) is 6.34. The number of halogens is 1. The van der Waals surface area contributed by atoms with Crippen molar-refractivity contribution < 1.29 is 9.53 Å². The molecule has 7 heteroatoms. The van der Waals surface area contributed by atoms with Gasteiger partial charge in [-0.1, -0.05) is 26.0 Å². The van der Waals surface area contributed by atoms with E-state index in [9.17, 15) is 4.79 Å². The highest BCUT2D eigenvalue weighted by atomic mass is 127. The van der Waals surface area contributed by atoms with Gasteiger partial charge in [-0.25, -0.2) is 0 Å². The van der Waals surface area contributed by atoms with Crippen LogP contribution in [0.2, 0.25) is 0 Å². The van der Waals surface area contributed by atoms with E-state index in [2.05, 4.69) is 20.5 Å². The van der Waals surface area contributed by atoms with Crippen LogP contribution in [0.1, 0.15) is 39.2 Å². The third-order valence-electron chi connectivity index (χ3n) is 4.55. The molecule has 1 aromatic carbocycles. The Balaban J connectivity index is 0.00000364. The van der Waals surface area contributed by atoms with E-state index < -0.39 is 0 Å². The van der Waals surface area contributed by atoms with Gasteiger partial charge in [0.15, 0.2) is 5.96 Å². The van der Waals surface area contributed by atoms with Gasteiger partial charge in [0.05, 0.1) is 6.10 Å². The number of anilines is 1. The molecular formula is C20H33IN4O2. The van der Waals surface area contributed by atoms with Crippen LogP contribution in [0.15, 0.2) is 29.3 Å². The molecular weight excluding hydrogens is 455 g/mol. The number of guanidine groups is 1. The number of amides is 1. The van der Waals surface area contributed by atoms with Crippen LogP contribution in [0.5, 0.6) is 0 Å². The first-order valence-electron chi connectivity index (χ1n) is 9.50. The molecule has 0 bridgehead atoms. The fourth-order valence-corrected chi connectivity index (χ4v) is 2.98. The zero-order valence-corrected chi connectivity index (χ0v) is 19.2. The highest BCUT2D eigenvalue weighted by Crippen LogP contribution is 2.14. The molecule has 0 unspecified atom stereocenters. The van der Waals surface area contributed by atoms with Gasteiger partial charge in [-0.05, 0) is 37.5 Å². The molecule has 2 N–H and O–H groups in total. The number of piperidine rings is 1. The molecule has 2 rings (SSSR count). The number of rotatable bonds is 6. The zero-order chi connectivity index (χ0) is 18.9. The minimum absolute atomic E-state index is 0. The number of nitrogens with one attached hydrogen (secondary N) is 2. The lowest BCUT2D eigenvalue weighted by molar-refractivity contribution is -0.118. The lowest BCUT2D eigenvalue weighted by Gasteiger charge is -2.34. The van der Waals surface area contributed by atoms with E-state index in [1.165, 1.54) is 0 Å². The van der Waals surface area contributed by atoms with Crippen molar-refractivity contribution in [1.29, 1.82) is 0 Å². The van der Waals surface area contributed by atoms with Crippen molar-refractivity contribution >= 4 is 41.5 Å². The van der Waals surface area contributed by atoms with Crippen molar-refractivity contribution in [3.05, 3.63) is 29.8 Å². The van der Waals surface area contributed by atoms with Gasteiger partial charge >= 0.3 is 0 Å². The Hall–Kier alpha value is -1.35. The molecule has 1 amide bonds. The molecule has 0 spiro atoms. The molecule has 0 atom stereocenters. The number of carbonyl (C=O) groups is 1. The largest absolute Gasteiger partial charge is 0.378 e. The van der Waals surface area contributed by atoms with Crippen molar-refractivity contribution in [1.82, 2.24) is 10.2 Å². The van der Waals surface area contributed by atoms with Gasteiger partial charge in [0.1, 0.15) is 0 Å². The molecule has 0 radical (unpaired) electrons. The lowest BCUT2D eigenvalue weighted by Crippen LogP contribution is -2.46. The Bertz CT molecular complexity index is 597. The second kappa shape index (κ2) is 12.2. The van der Waals surface area contributed by atoms with Crippen molar-refractivity contribution in [2.24, 2.45) is 10.9 Å². The summed E-state index contributed by atoms with van der Waals surface area (Å²) in [6.45, 7) is 9.23. The molecule has 27 heavy (non-hydrogen) atoms. The summed E-state index contributed by atoms with van der Waals surface area (Å²) >= 11 is 0. The number of hydrogen-bond donors (Lipinski definition) is 2. The third-order valence-corrected chi connectivity index (χ3v) is 4.55. The first-order chi connectivity index (χ1) is 12.5. The molecule has 6 nitrogen and oxygen atoms in total. The number of likely N-dealkylation sites (tertiary alicyclic amines) is 1. The molecule has 1 heterocycles. The second-order valence-electron chi connectivity index (χ2n) is 6.88. The number of ether oxygens (including phenoxy) is 1. The van der Waals surface area contributed by atoms with Gasteiger partial charge in [0.2, 0.25) is 5.91 Å². The van der Waals surface area contributed by atoms with Crippen LogP contribution in [-0.4, -0.2) is 49.6 Å². The van der Waals surface area contributed by atoms with Crippen LogP contribution in [0.3, 0.4) is 0 Å². The normalized spacial score (nSPS) is 15.4. The average Bonchev–Trinajstić information content (AvgIpc) is 2.65. The van der Waals surface area contributed by atoms with Crippen molar-refractivity contribution in [3.8, 4) is 0 Å². The summed E-state index contributed by atoms with van der Waals surface area (Å²) in [5.41, 5.74) is 1.98. The zero-order valence-electron chi connectivity index (χ0n) is 16.8. The number of hydrogen-bond acceptors (Lipinski definition) is 3. The van der Waals surface area contributed by atoms with E-state index in [0.717, 1.165) is 49.7 Å². The van der Waals surface area contributed by atoms with Crippen molar-refractivity contribution in [3.63, 3.8) is 0 Å². The van der Waals surface area contributed by atoms with E-state index in [1.807, 2.05) is 52.1 Å².